The summed E-state index contributed by atoms with van der Waals surface area (Å²) < 4.78 is 0. The zero-order valence-electron chi connectivity index (χ0n) is 8.60. The first-order valence-corrected chi connectivity index (χ1v) is 5.73. The van der Waals surface area contributed by atoms with Crippen LogP contribution in [0.3, 0.4) is 0 Å². The lowest BCUT2D eigenvalue weighted by molar-refractivity contribution is 0.424. The Labute approximate surface area is 76.7 Å². The van der Waals surface area contributed by atoms with Crippen LogP contribution in [-0.4, -0.2) is 0 Å². The van der Waals surface area contributed by atoms with Gasteiger partial charge in [0, 0.05) is 0 Å². The molecule has 2 saturated carbocycles. The quantitative estimate of drug-likeness (QED) is 0.594. The number of hydrogen-bond acceptors (Lipinski definition) is 0. The Balaban J connectivity index is 1.72. The van der Waals surface area contributed by atoms with Crippen molar-refractivity contribution in [2.75, 3.05) is 0 Å². The van der Waals surface area contributed by atoms with E-state index >= 15 is 0 Å². The van der Waals surface area contributed by atoms with Gasteiger partial charge in [-0.05, 0) is 42.9 Å². The van der Waals surface area contributed by atoms with Crippen molar-refractivity contribution in [1.82, 2.24) is 0 Å². The van der Waals surface area contributed by atoms with Gasteiger partial charge in [0.05, 0.1) is 0 Å². The van der Waals surface area contributed by atoms with E-state index in [0.717, 1.165) is 17.3 Å². The van der Waals surface area contributed by atoms with Crippen molar-refractivity contribution >= 4 is 0 Å². The SMILES string of the molecule is CC(C)CCC1CC12CCCC2. The van der Waals surface area contributed by atoms with Crippen LogP contribution in [0.2, 0.25) is 0 Å². The normalized spacial score (nSPS) is 31.8. The van der Waals surface area contributed by atoms with Crippen LogP contribution < -0.4 is 0 Å². The summed E-state index contributed by atoms with van der Waals surface area (Å²) in [5.74, 6) is 2.06. The molecule has 1 spiro atoms. The second kappa shape index (κ2) is 3.05. The summed E-state index contributed by atoms with van der Waals surface area (Å²) in [4.78, 5) is 0. The van der Waals surface area contributed by atoms with Gasteiger partial charge in [0.2, 0.25) is 0 Å². The minimum absolute atomic E-state index is 0.898. The van der Waals surface area contributed by atoms with Gasteiger partial charge in [0.15, 0.2) is 0 Å². The Morgan fingerprint density at radius 3 is 2.50 bits per heavy atom. The molecule has 2 rings (SSSR count). The Hall–Kier alpha value is 0. The van der Waals surface area contributed by atoms with Gasteiger partial charge in [-0.3, -0.25) is 0 Å². The summed E-state index contributed by atoms with van der Waals surface area (Å²) in [6.07, 6.45) is 10.8. The molecule has 0 radical (unpaired) electrons. The van der Waals surface area contributed by atoms with Gasteiger partial charge >= 0.3 is 0 Å². The number of hydrogen-bond donors (Lipinski definition) is 0. The molecule has 0 nitrogen and oxygen atoms in total. The van der Waals surface area contributed by atoms with Gasteiger partial charge in [-0.2, -0.15) is 0 Å². The van der Waals surface area contributed by atoms with E-state index in [9.17, 15) is 0 Å². The first-order valence-electron chi connectivity index (χ1n) is 5.73. The summed E-state index contributed by atoms with van der Waals surface area (Å²) in [5, 5.41) is 0. The largest absolute Gasteiger partial charge is 0.0628 e. The Kier molecular flexibility index (Phi) is 2.18. The fraction of sp³-hybridized carbons (Fsp3) is 1.00. The smallest absolute Gasteiger partial charge is 0.0266 e. The lowest BCUT2D eigenvalue weighted by atomic mass is 9.97. The second-order valence-electron chi connectivity index (χ2n) is 5.44. The van der Waals surface area contributed by atoms with E-state index < -0.39 is 0 Å². The van der Waals surface area contributed by atoms with E-state index in [-0.39, 0.29) is 0 Å². The molecule has 0 N–H and O–H groups in total. The third-order valence-corrected chi connectivity index (χ3v) is 4.05. The topological polar surface area (TPSA) is 0 Å². The first-order chi connectivity index (χ1) is 5.73. The molecule has 0 saturated heterocycles. The molecule has 2 fully saturated rings. The van der Waals surface area contributed by atoms with Gasteiger partial charge in [0.25, 0.3) is 0 Å². The average Bonchev–Trinajstić information content (AvgIpc) is 2.42. The summed E-state index contributed by atoms with van der Waals surface area (Å²) >= 11 is 0. The maximum Gasteiger partial charge on any atom is -0.0266 e. The minimum Gasteiger partial charge on any atom is -0.0628 e. The zero-order chi connectivity index (χ0) is 8.60. The molecule has 0 aliphatic heterocycles. The molecule has 2 aliphatic carbocycles. The van der Waals surface area contributed by atoms with E-state index in [1.807, 2.05) is 0 Å². The summed E-state index contributed by atoms with van der Waals surface area (Å²) in [6, 6.07) is 0. The Morgan fingerprint density at radius 2 is 1.92 bits per heavy atom. The Bertz CT molecular complexity index is 151. The van der Waals surface area contributed by atoms with Gasteiger partial charge in [-0.15, -0.1) is 0 Å². The molecular weight excluding hydrogens is 144 g/mol. The van der Waals surface area contributed by atoms with Crippen LogP contribution in [0.15, 0.2) is 0 Å². The second-order valence-corrected chi connectivity index (χ2v) is 5.44. The highest BCUT2D eigenvalue weighted by Gasteiger charge is 2.53. The monoisotopic (exact) mass is 166 g/mol. The summed E-state index contributed by atoms with van der Waals surface area (Å²) in [5.41, 5.74) is 0.898. The summed E-state index contributed by atoms with van der Waals surface area (Å²) in [6.45, 7) is 4.70. The van der Waals surface area contributed by atoms with Crippen LogP contribution in [0, 0.1) is 17.3 Å². The van der Waals surface area contributed by atoms with Crippen molar-refractivity contribution in [3.05, 3.63) is 0 Å². The van der Waals surface area contributed by atoms with Crippen LogP contribution >= 0.6 is 0 Å². The van der Waals surface area contributed by atoms with E-state index in [2.05, 4.69) is 13.8 Å². The molecule has 1 unspecified atom stereocenters. The minimum atomic E-state index is 0.898. The highest BCUT2D eigenvalue weighted by Crippen LogP contribution is 2.64. The predicted molar refractivity (Wildman–Crippen MR) is 53.1 cm³/mol. The van der Waals surface area contributed by atoms with Crippen LogP contribution in [0.5, 0.6) is 0 Å². The third kappa shape index (κ3) is 1.53. The molecule has 0 aromatic heterocycles. The molecular formula is C12H22. The van der Waals surface area contributed by atoms with Gasteiger partial charge in [0.1, 0.15) is 0 Å². The average molecular weight is 166 g/mol. The van der Waals surface area contributed by atoms with Crippen molar-refractivity contribution in [3.8, 4) is 0 Å². The molecule has 0 heterocycles. The Morgan fingerprint density at radius 1 is 1.25 bits per heavy atom. The van der Waals surface area contributed by atoms with Crippen molar-refractivity contribution in [3.63, 3.8) is 0 Å². The molecule has 2 aliphatic rings. The van der Waals surface area contributed by atoms with Gasteiger partial charge < -0.3 is 0 Å². The fourth-order valence-corrected chi connectivity index (χ4v) is 3.07. The highest BCUT2D eigenvalue weighted by atomic mass is 14.6. The summed E-state index contributed by atoms with van der Waals surface area (Å²) in [7, 11) is 0. The van der Waals surface area contributed by atoms with Crippen molar-refractivity contribution in [2.24, 2.45) is 17.3 Å². The molecule has 0 bridgehead atoms. The maximum atomic E-state index is 2.35. The third-order valence-electron chi connectivity index (χ3n) is 4.05. The standard InChI is InChI=1S/C12H22/c1-10(2)5-6-11-9-12(11)7-3-4-8-12/h10-11H,3-9H2,1-2H3. The molecule has 0 aromatic rings. The molecule has 0 heteroatoms. The van der Waals surface area contributed by atoms with E-state index in [1.165, 1.54) is 25.7 Å². The van der Waals surface area contributed by atoms with E-state index in [0.29, 0.717) is 0 Å². The van der Waals surface area contributed by atoms with Gasteiger partial charge in [-0.25, -0.2) is 0 Å². The lowest BCUT2D eigenvalue weighted by Gasteiger charge is -2.08. The fourth-order valence-electron chi connectivity index (χ4n) is 3.07. The highest BCUT2D eigenvalue weighted by molar-refractivity contribution is 5.04. The molecule has 70 valence electrons. The van der Waals surface area contributed by atoms with Crippen LogP contribution in [0.1, 0.15) is 58.8 Å². The molecule has 0 amide bonds. The molecule has 12 heavy (non-hydrogen) atoms. The molecule has 1 atom stereocenters. The van der Waals surface area contributed by atoms with Crippen LogP contribution in [-0.2, 0) is 0 Å². The van der Waals surface area contributed by atoms with E-state index in [1.54, 1.807) is 19.3 Å². The van der Waals surface area contributed by atoms with Crippen molar-refractivity contribution in [1.29, 1.82) is 0 Å². The van der Waals surface area contributed by atoms with Crippen molar-refractivity contribution in [2.45, 2.75) is 58.8 Å². The molecule has 0 aromatic carbocycles. The zero-order valence-corrected chi connectivity index (χ0v) is 8.60. The van der Waals surface area contributed by atoms with E-state index in [4.69, 9.17) is 0 Å². The maximum absolute atomic E-state index is 2.35. The van der Waals surface area contributed by atoms with Crippen LogP contribution in [0.4, 0.5) is 0 Å². The lowest BCUT2D eigenvalue weighted by Crippen LogP contribution is -1.98. The van der Waals surface area contributed by atoms with Crippen molar-refractivity contribution < 1.29 is 0 Å². The van der Waals surface area contributed by atoms with Crippen LogP contribution in [0.25, 0.3) is 0 Å². The number of rotatable bonds is 3. The first kappa shape index (κ1) is 8.59. The predicted octanol–water partition coefficient (Wildman–Crippen LogP) is 4.00. The van der Waals surface area contributed by atoms with Gasteiger partial charge in [-0.1, -0.05) is 33.1 Å².